The summed E-state index contributed by atoms with van der Waals surface area (Å²) >= 11 is 5.37. The number of halogens is 1. The first-order valence-corrected chi connectivity index (χ1v) is 2.67. The summed E-state index contributed by atoms with van der Waals surface area (Å²) in [5, 5.41) is 17.9. The van der Waals surface area contributed by atoms with Crippen molar-refractivity contribution < 1.29 is 9.90 Å². The Balaban J connectivity index is 3.15. The SMILES string of the molecule is O=C(O)c1nnncc1Cl. The number of rotatable bonds is 1. The lowest BCUT2D eigenvalue weighted by Crippen LogP contribution is -2.03. The van der Waals surface area contributed by atoms with Gasteiger partial charge in [-0.25, -0.2) is 4.79 Å². The summed E-state index contributed by atoms with van der Waals surface area (Å²) in [7, 11) is 0. The van der Waals surface area contributed by atoms with E-state index in [9.17, 15) is 4.79 Å². The van der Waals surface area contributed by atoms with Gasteiger partial charge in [0.2, 0.25) is 0 Å². The molecule has 0 aliphatic rings. The summed E-state index contributed by atoms with van der Waals surface area (Å²) in [6, 6.07) is 0. The average molecular weight is 160 g/mol. The van der Waals surface area contributed by atoms with Crippen molar-refractivity contribution in [3.05, 3.63) is 16.9 Å². The van der Waals surface area contributed by atoms with Gasteiger partial charge in [-0.2, -0.15) is 0 Å². The lowest BCUT2D eigenvalue weighted by molar-refractivity contribution is 0.0689. The smallest absolute Gasteiger partial charge is 0.358 e. The van der Waals surface area contributed by atoms with Crippen molar-refractivity contribution in [2.75, 3.05) is 0 Å². The largest absolute Gasteiger partial charge is 0.476 e. The molecule has 0 saturated heterocycles. The molecule has 5 nitrogen and oxygen atoms in total. The number of carboxylic acid groups (broad SMARTS) is 1. The van der Waals surface area contributed by atoms with E-state index < -0.39 is 5.97 Å². The maximum absolute atomic E-state index is 10.2. The van der Waals surface area contributed by atoms with Crippen LogP contribution < -0.4 is 0 Å². The normalized spacial score (nSPS) is 9.30. The maximum Gasteiger partial charge on any atom is 0.358 e. The lowest BCUT2D eigenvalue weighted by atomic mass is 10.4. The van der Waals surface area contributed by atoms with E-state index in [1.54, 1.807) is 0 Å². The fourth-order valence-corrected chi connectivity index (χ4v) is 0.563. The molecule has 0 aliphatic carbocycles. The molecule has 0 amide bonds. The Bertz CT molecular complexity index is 264. The van der Waals surface area contributed by atoms with Gasteiger partial charge < -0.3 is 5.11 Å². The van der Waals surface area contributed by atoms with Crippen molar-refractivity contribution in [1.82, 2.24) is 15.4 Å². The molecule has 1 aromatic rings. The molecule has 0 fully saturated rings. The minimum absolute atomic E-state index is 0.0116. The van der Waals surface area contributed by atoms with E-state index in [0.29, 0.717) is 0 Å². The number of aromatic nitrogens is 3. The predicted octanol–water partition coefficient (Wildman–Crippen LogP) is 0.223. The molecule has 0 bridgehead atoms. The quantitative estimate of drug-likeness (QED) is 0.635. The van der Waals surface area contributed by atoms with Crippen LogP contribution >= 0.6 is 11.6 Å². The summed E-state index contributed by atoms with van der Waals surface area (Å²) in [5.41, 5.74) is -0.281. The summed E-state index contributed by atoms with van der Waals surface area (Å²) in [6.07, 6.45) is 1.12. The van der Waals surface area contributed by atoms with E-state index in [4.69, 9.17) is 16.7 Å². The van der Waals surface area contributed by atoms with Gasteiger partial charge in [0.25, 0.3) is 0 Å². The van der Waals surface area contributed by atoms with Gasteiger partial charge in [0.1, 0.15) is 0 Å². The van der Waals surface area contributed by atoms with Gasteiger partial charge in [-0.3, -0.25) is 0 Å². The number of aromatic carboxylic acids is 1. The van der Waals surface area contributed by atoms with Crippen LogP contribution in [0.5, 0.6) is 0 Å². The summed E-state index contributed by atoms with van der Waals surface area (Å²) in [5.74, 6) is -1.21. The highest BCUT2D eigenvalue weighted by molar-refractivity contribution is 6.32. The van der Waals surface area contributed by atoms with Crippen LogP contribution in [0.15, 0.2) is 6.20 Å². The molecule has 1 aromatic heterocycles. The lowest BCUT2D eigenvalue weighted by Gasteiger charge is -1.90. The molecule has 6 heteroatoms. The van der Waals surface area contributed by atoms with E-state index in [0.717, 1.165) is 6.20 Å². The van der Waals surface area contributed by atoms with Gasteiger partial charge in [-0.05, 0) is 5.21 Å². The minimum atomic E-state index is -1.21. The van der Waals surface area contributed by atoms with Crippen molar-refractivity contribution in [3.63, 3.8) is 0 Å². The van der Waals surface area contributed by atoms with Crippen LogP contribution in [-0.4, -0.2) is 26.5 Å². The third kappa shape index (κ3) is 1.19. The van der Waals surface area contributed by atoms with Crippen LogP contribution in [0.4, 0.5) is 0 Å². The number of carbonyl (C=O) groups is 1. The second-order valence-electron chi connectivity index (χ2n) is 1.44. The van der Waals surface area contributed by atoms with Crippen LogP contribution in [0.2, 0.25) is 5.02 Å². The average Bonchev–Trinajstić information content (AvgIpc) is 1.88. The van der Waals surface area contributed by atoms with Crippen LogP contribution in [0.25, 0.3) is 0 Å². The highest BCUT2D eigenvalue weighted by atomic mass is 35.5. The summed E-state index contributed by atoms with van der Waals surface area (Å²) < 4.78 is 0. The fourth-order valence-electron chi connectivity index (χ4n) is 0.401. The Hall–Kier alpha value is -1.23. The Morgan fingerprint density at radius 2 is 2.40 bits per heavy atom. The Morgan fingerprint density at radius 3 is 2.80 bits per heavy atom. The zero-order valence-electron chi connectivity index (χ0n) is 4.65. The standard InChI is InChI=1S/C4H2ClN3O2/c5-2-1-6-8-7-3(2)4(9)10/h1H,(H,9,10). The van der Waals surface area contributed by atoms with E-state index in [-0.39, 0.29) is 10.7 Å². The molecule has 0 spiro atoms. The highest BCUT2D eigenvalue weighted by Crippen LogP contribution is 2.08. The van der Waals surface area contributed by atoms with Crippen molar-refractivity contribution in [3.8, 4) is 0 Å². The van der Waals surface area contributed by atoms with Gasteiger partial charge in [-0.15, -0.1) is 10.2 Å². The van der Waals surface area contributed by atoms with Gasteiger partial charge in [0, 0.05) is 0 Å². The van der Waals surface area contributed by atoms with E-state index >= 15 is 0 Å². The molecule has 1 heterocycles. The first kappa shape index (κ1) is 6.88. The molecular weight excluding hydrogens is 158 g/mol. The van der Waals surface area contributed by atoms with Crippen LogP contribution in [0, 0.1) is 0 Å². The van der Waals surface area contributed by atoms with Crippen LogP contribution in [0.3, 0.4) is 0 Å². The number of hydrogen-bond donors (Lipinski definition) is 1. The second kappa shape index (κ2) is 2.57. The first-order valence-electron chi connectivity index (χ1n) is 2.29. The van der Waals surface area contributed by atoms with Crippen molar-refractivity contribution in [2.45, 2.75) is 0 Å². The number of nitrogens with zero attached hydrogens (tertiary/aromatic N) is 3. The fraction of sp³-hybridized carbons (Fsp3) is 0. The van der Waals surface area contributed by atoms with Crippen molar-refractivity contribution >= 4 is 17.6 Å². The minimum Gasteiger partial charge on any atom is -0.476 e. The van der Waals surface area contributed by atoms with Crippen LogP contribution in [0.1, 0.15) is 10.5 Å². The topological polar surface area (TPSA) is 76.0 Å². The molecule has 10 heavy (non-hydrogen) atoms. The van der Waals surface area contributed by atoms with E-state index in [2.05, 4.69) is 15.4 Å². The van der Waals surface area contributed by atoms with Crippen molar-refractivity contribution in [1.29, 1.82) is 0 Å². The van der Waals surface area contributed by atoms with Gasteiger partial charge in [0.05, 0.1) is 11.2 Å². The Morgan fingerprint density at radius 1 is 1.70 bits per heavy atom. The Kier molecular flexibility index (Phi) is 1.77. The predicted molar refractivity (Wildman–Crippen MR) is 31.8 cm³/mol. The third-order valence-electron chi connectivity index (χ3n) is 0.796. The zero-order chi connectivity index (χ0) is 7.56. The van der Waals surface area contributed by atoms with Gasteiger partial charge >= 0.3 is 5.97 Å². The molecular formula is C4H2ClN3O2. The molecule has 52 valence electrons. The molecule has 0 atom stereocenters. The zero-order valence-corrected chi connectivity index (χ0v) is 5.41. The first-order chi connectivity index (χ1) is 4.72. The second-order valence-corrected chi connectivity index (χ2v) is 1.84. The third-order valence-corrected chi connectivity index (χ3v) is 1.07. The molecule has 0 aliphatic heterocycles. The molecule has 0 aromatic carbocycles. The molecule has 0 saturated carbocycles. The monoisotopic (exact) mass is 159 g/mol. The summed E-state index contributed by atoms with van der Waals surface area (Å²) in [4.78, 5) is 10.2. The van der Waals surface area contributed by atoms with Gasteiger partial charge in [0.15, 0.2) is 5.69 Å². The van der Waals surface area contributed by atoms with E-state index in [1.165, 1.54) is 0 Å². The van der Waals surface area contributed by atoms with E-state index in [1.807, 2.05) is 0 Å². The molecule has 0 radical (unpaired) electrons. The number of carboxylic acids is 1. The van der Waals surface area contributed by atoms with Crippen molar-refractivity contribution in [2.24, 2.45) is 0 Å². The molecule has 0 unspecified atom stereocenters. The Labute approximate surface area is 60.7 Å². The number of hydrogen-bond acceptors (Lipinski definition) is 4. The maximum atomic E-state index is 10.2. The molecule has 1 N–H and O–H groups in total. The summed E-state index contributed by atoms with van der Waals surface area (Å²) in [6.45, 7) is 0. The van der Waals surface area contributed by atoms with Crippen LogP contribution in [-0.2, 0) is 0 Å². The molecule has 1 rings (SSSR count). The van der Waals surface area contributed by atoms with Gasteiger partial charge in [-0.1, -0.05) is 11.6 Å². The highest BCUT2D eigenvalue weighted by Gasteiger charge is 2.09.